The summed E-state index contributed by atoms with van der Waals surface area (Å²) in [6, 6.07) is 12.0. The van der Waals surface area contributed by atoms with Gasteiger partial charge in [-0.1, -0.05) is 12.1 Å². The van der Waals surface area contributed by atoms with Crippen LogP contribution in [0.5, 0.6) is 5.75 Å². The molecule has 0 unspecified atom stereocenters. The van der Waals surface area contributed by atoms with Crippen LogP contribution in [0.1, 0.15) is 41.4 Å². The third kappa shape index (κ3) is 4.23. The Hall–Kier alpha value is -3.26. The molecule has 0 spiro atoms. The predicted molar refractivity (Wildman–Crippen MR) is 124 cm³/mol. The highest BCUT2D eigenvalue weighted by molar-refractivity contribution is 5.94. The van der Waals surface area contributed by atoms with Gasteiger partial charge < -0.3 is 9.64 Å². The molecule has 5 rings (SSSR count). The zero-order valence-corrected chi connectivity index (χ0v) is 19.4. The molecule has 1 amide bonds. The second-order valence-corrected chi connectivity index (χ2v) is 9.51. The fourth-order valence-electron chi connectivity index (χ4n) is 5.20. The van der Waals surface area contributed by atoms with Gasteiger partial charge in [0.1, 0.15) is 11.6 Å². The second kappa shape index (κ2) is 8.59. The van der Waals surface area contributed by atoms with E-state index in [1.54, 1.807) is 18.5 Å². The van der Waals surface area contributed by atoms with Crippen LogP contribution in [0.2, 0.25) is 0 Å². The van der Waals surface area contributed by atoms with Gasteiger partial charge in [-0.05, 0) is 50.6 Å². The lowest BCUT2D eigenvalue weighted by Gasteiger charge is -2.27. The van der Waals surface area contributed by atoms with Crippen molar-refractivity contribution in [2.45, 2.75) is 38.8 Å². The zero-order chi connectivity index (χ0) is 23.0. The lowest BCUT2D eigenvalue weighted by atomic mass is 9.80. The summed E-state index contributed by atoms with van der Waals surface area (Å²) in [6.07, 6.45) is 3.49. The number of likely N-dealkylation sites (tertiary alicyclic amines) is 2. The molecule has 8 heteroatoms. The van der Waals surface area contributed by atoms with Crippen LogP contribution in [0.25, 0.3) is 0 Å². The fourth-order valence-corrected chi connectivity index (χ4v) is 5.20. The molecule has 8 nitrogen and oxygen atoms in total. The average Bonchev–Trinajstić information content (AvgIpc) is 3.47. The largest absolute Gasteiger partial charge is 0.491 e. The number of hydrogen-bond donors (Lipinski definition) is 1. The maximum Gasteiger partial charge on any atom is 0.255 e. The van der Waals surface area contributed by atoms with Gasteiger partial charge in [-0.15, -0.1) is 0 Å². The summed E-state index contributed by atoms with van der Waals surface area (Å²) in [4.78, 5) is 26.4. The Morgan fingerprint density at radius 3 is 2.70 bits per heavy atom. The van der Waals surface area contributed by atoms with Crippen LogP contribution in [0.3, 0.4) is 0 Å². The van der Waals surface area contributed by atoms with Gasteiger partial charge in [0.15, 0.2) is 5.82 Å². The van der Waals surface area contributed by atoms with Crippen LogP contribution in [-0.2, 0) is 12.0 Å². The summed E-state index contributed by atoms with van der Waals surface area (Å²) >= 11 is 0. The van der Waals surface area contributed by atoms with Gasteiger partial charge in [0, 0.05) is 51.0 Å². The quantitative estimate of drug-likeness (QED) is 0.627. The van der Waals surface area contributed by atoms with E-state index in [0.29, 0.717) is 18.7 Å². The van der Waals surface area contributed by atoms with E-state index in [1.807, 2.05) is 43.9 Å². The molecule has 0 radical (unpaired) electrons. The van der Waals surface area contributed by atoms with Crippen LogP contribution >= 0.6 is 0 Å². The van der Waals surface area contributed by atoms with E-state index in [-0.39, 0.29) is 23.3 Å². The van der Waals surface area contributed by atoms with E-state index in [1.165, 1.54) is 5.56 Å². The molecule has 2 fully saturated rings. The molecule has 4 heterocycles. The molecular formula is C25H30N6O2. The van der Waals surface area contributed by atoms with Crippen molar-refractivity contribution in [2.24, 2.45) is 5.92 Å². The molecule has 2 aliphatic rings. The third-order valence-corrected chi connectivity index (χ3v) is 6.62. The molecular weight excluding hydrogens is 416 g/mol. The summed E-state index contributed by atoms with van der Waals surface area (Å²) in [6.45, 7) is 9.85. The highest BCUT2D eigenvalue weighted by Crippen LogP contribution is 2.44. The number of nitrogens with zero attached hydrogens (tertiary/aromatic N) is 5. The predicted octanol–water partition coefficient (Wildman–Crippen LogP) is 2.82. The molecule has 2 atom stereocenters. The number of ether oxygens (including phenoxy) is 1. The van der Waals surface area contributed by atoms with Gasteiger partial charge in [0.05, 0.1) is 17.1 Å². The van der Waals surface area contributed by atoms with Crippen molar-refractivity contribution >= 4 is 5.91 Å². The Kier molecular flexibility index (Phi) is 5.62. The summed E-state index contributed by atoms with van der Waals surface area (Å²) in [7, 11) is 0. The standard InChI is InChI=1S/C25H30N6O2/c1-17(2)33-22-8-6-19(7-9-22)12-30-13-21-14-31(23(32)20-5-4-10-26-11-20)16-25(21,15-30)24-27-18(3)28-29-24/h4-11,17,21H,12-16H2,1-3H3,(H,27,28,29)/t21-,25-/m1/s1. The van der Waals surface area contributed by atoms with E-state index in [4.69, 9.17) is 9.72 Å². The molecule has 2 aliphatic heterocycles. The van der Waals surface area contributed by atoms with Gasteiger partial charge in [0.2, 0.25) is 0 Å². The van der Waals surface area contributed by atoms with Crippen LogP contribution < -0.4 is 4.74 Å². The Labute approximate surface area is 194 Å². The first-order valence-corrected chi connectivity index (χ1v) is 11.5. The third-order valence-electron chi connectivity index (χ3n) is 6.62. The Morgan fingerprint density at radius 1 is 1.21 bits per heavy atom. The normalized spacial score (nSPS) is 22.7. The first-order valence-electron chi connectivity index (χ1n) is 11.5. The molecule has 33 heavy (non-hydrogen) atoms. The molecule has 2 aromatic heterocycles. The molecule has 0 bridgehead atoms. The summed E-state index contributed by atoms with van der Waals surface area (Å²) in [5.41, 5.74) is 1.60. The number of benzene rings is 1. The molecule has 0 saturated carbocycles. The maximum absolute atomic E-state index is 13.1. The van der Waals surface area contributed by atoms with E-state index in [2.05, 4.69) is 32.2 Å². The maximum atomic E-state index is 13.1. The van der Waals surface area contributed by atoms with Crippen LogP contribution in [0.4, 0.5) is 0 Å². The SMILES string of the molecule is Cc1nc([C@@]23CN(Cc4ccc(OC(C)C)cc4)C[C@@H]2CN(C(=O)c2cccnc2)C3)n[nH]1. The molecule has 1 aromatic carbocycles. The highest BCUT2D eigenvalue weighted by atomic mass is 16.5. The highest BCUT2D eigenvalue weighted by Gasteiger charge is 2.56. The smallest absolute Gasteiger partial charge is 0.255 e. The number of carbonyl (C=O) groups excluding carboxylic acids is 1. The van der Waals surface area contributed by atoms with Gasteiger partial charge in [0.25, 0.3) is 5.91 Å². The van der Waals surface area contributed by atoms with Gasteiger partial charge in [-0.3, -0.25) is 19.8 Å². The van der Waals surface area contributed by atoms with Crippen molar-refractivity contribution < 1.29 is 9.53 Å². The first-order chi connectivity index (χ1) is 15.9. The van der Waals surface area contributed by atoms with Crippen molar-refractivity contribution in [1.29, 1.82) is 0 Å². The minimum atomic E-state index is -0.274. The van der Waals surface area contributed by atoms with E-state index in [0.717, 1.165) is 37.0 Å². The number of aryl methyl sites for hydroxylation is 1. The number of fused-ring (bicyclic) bond motifs is 1. The monoisotopic (exact) mass is 446 g/mol. The van der Waals surface area contributed by atoms with Gasteiger partial charge in [-0.25, -0.2) is 4.98 Å². The Morgan fingerprint density at radius 2 is 2.03 bits per heavy atom. The van der Waals surface area contributed by atoms with Gasteiger partial charge in [-0.2, -0.15) is 5.10 Å². The van der Waals surface area contributed by atoms with E-state index in [9.17, 15) is 4.79 Å². The second-order valence-electron chi connectivity index (χ2n) is 9.51. The lowest BCUT2D eigenvalue weighted by molar-refractivity contribution is 0.0768. The number of H-pyrrole nitrogens is 1. The van der Waals surface area contributed by atoms with E-state index >= 15 is 0 Å². The number of hydrogen-bond acceptors (Lipinski definition) is 6. The summed E-state index contributed by atoms with van der Waals surface area (Å²) < 4.78 is 5.77. The minimum Gasteiger partial charge on any atom is -0.491 e. The van der Waals surface area contributed by atoms with Crippen LogP contribution in [-0.4, -0.2) is 68.2 Å². The van der Waals surface area contributed by atoms with Crippen molar-refractivity contribution in [3.63, 3.8) is 0 Å². The molecule has 172 valence electrons. The number of carbonyl (C=O) groups is 1. The first kappa shape index (κ1) is 21.6. The number of aromatic amines is 1. The Balaban J connectivity index is 1.35. The number of pyridine rings is 1. The van der Waals surface area contributed by atoms with Crippen molar-refractivity contribution in [1.82, 2.24) is 30.0 Å². The number of aromatic nitrogens is 4. The topological polar surface area (TPSA) is 87.2 Å². The summed E-state index contributed by atoms with van der Waals surface area (Å²) in [5.74, 6) is 2.81. The minimum absolute atomic E-state index is 0.0245. The number of rotatable bonds is 6. The Bertz CT molecular complexity index is 1110. The van der Waals surface area contributed by atoms with Crippen LogP contribution in [0, 0.1) is 12.8 Å². The van der Waals surface area contributed by atoms with Crippen molar-refractivity contribution in [3.8, 4) is 5.75 Å². The van der Waals surface area contributed by atoms with Crippen molar-refractivity contribution in [3.05, 3.63) is 71.6 Å². The molecule has 0 aliphatic carbocycles. The van der Waals surface area contributed by atoms with Crippen LogP contribution in [0.15, 0.2) is 48.8 Å². The zero-order valence-electron chi connectivity index (χ0n) is 19.4. The molecule has 2 saturated heterocycles. The van der Waals surface area contributed by atoms with Crippen molar-refractivity contribution in [2.75, 3.05) is 26.2 Å². The fraction of sp³-hybridized carbons (Fsp3) is 0.440. The van der Waals surface area contributed by atoms with Gasteiger partial charge >= 0.3 is 0 Å². The average molecular weight is 447 g/mol. The molecule has 3 aromatic rings. The lowest BCUT2D eigenvalue weighted by Crippen LogP contribution is -2.40. The summed E-state index contributed by atoms with van der Waals surface area (Å²) in [5, 5.41) is 7.56. The molecule has 1 N–H and O–H groups in total. The number of amides is 1. The number of nitrogens with one attached hydrogen (secondary N) is 1. The van der Waals surface area contributed by atoms with E-state index < -0.39 is 0 Å².